The van der Waals surface area contributed by atoms with Crippen LogP contribution in [0, 0.1) is 0 Å². The first kappa shape index (κ1) is 14.9. The third-order valence-corrected chi connectivity index (χ3v) is 3.19. The van der Waals surface area contributed by atoms with Gasteiger partial charge in [-0.15, -0.1) is 0 Å². The smallest absolute Gasteiger partial charge is 0.255 e. The van der Waals surface area contributed by atoms with E-state index in [2.05, 4.69) is 5.32 Å². The maximum absolute atomic E-state index is 11.9. The summed E-state index contributed by atoms with van der Waals surface area (Å²) in [5.41, 5.74) is 7.18. The van der Waals surface area contributed by atoms with Gasteiger partial charge in [-0.1, -0.05) is 30.3 Å². The summed E-state index contributed by atoms with van der Waals surface area (Å²) in [6.07, 6.45) is 0.592. The molecule has 1 unspecified atom stereocenters. The Morgan fingerprint density at radius 2 is 1.86 bits per heavy atom. The van der Waals surface area contributed by atoms with Crippen LogP contribution in [0.25, 0.3) is 0 Å². The minimum absolute atomic E-state index is 0.0878. The van der Waals surface area contributed by atoms with Crippen molar-refractivity contribution in [3.8, 4) is 11.5 Å². The first-order valence-electron chi connectivity index (χ1n) is 6.68. The lowest BCUT2D eigenvalue weighted by Gasteiger charge is -2.13. The van der Waals surface area contributed by atoms with Crippen LogP contribution in [0.5, 0.6) is 11.5 Å². The van der Waals surface area contributed by atoms with Crippen molar-refractivity contribution >= 4 is 5.91 Å². The molecule has 0 radical (unpaired) electrons. The fourth-order valence-electron chi connectivity index (χ4n) is 2.02. The van der Waals surface area contributed by atoms with Gasteiger partial charge in [0.05, 0.1) is 5.56 Å². The summed E-state index contributed by atoms with van der Waals surface area (Å²) in [5.74, 6) is -0.734. The molecule has 2 aromatic rings. The predicted octanol–water partition coefficient (Wildman–Crippen LogP) is 1.92. The Labute approximate surface area is 123 Å². The lowest BCUT2D eigenvalue weighted by molar-refractivity contribution is 0.0950. The second kappa shape index (κ2) is 6.76. The number of nitrogens with two attached hydrogens (primary N) is 1. The number of aromatic hydroxyl groups is 2. The molecule has 0 saturated carbocycles. The van der Waals surface area contributed by atoms with Gasteiger partial charge in [-0.25, -0.2) is 0 Å². The Kier molecular flexibility index (Phi) is 4.79. The van der Waals surface area contributed by atoms with Crippen LogP contribution >= 0.6 is 0 Å². The van der Waals surface area contributed by atoms with Crippen molar-refractivity contribution in [3.05, 3.63) is 59.7 Å². The largest absolute Gasteiger partial charge is 0.508 e. The Hall–Kier alpha value is -2.53. The topological polar surface area (TPSA) is 95.6 Å². The summed E-state index contributed by atoms with van der Waals surface area (Å²) in [6, 6.07) is 13.3. The van der Waals surface area contributed by atoms with E-state index in [4.69, 9.17) is 5.73 Å². The van der Waals surface area contributed by atoms with Crippen LogP contribution < -0.4 is 11.1 Å². The molecule has 21 heavy (non-hydrogen) atoms. The molecule has 0 aliphatic rings. The maximum atomic E-state index is 11.9. The van der Waals surface area contributed by atoms with Crippen molar-refractivity contribution < 1.29 is 15.0 Å². The van der Waals surface area contributed by atoms with Gasteiger partial charge in [-0.2, -0.15) is 0 Å². The van der Waals surface area contributed by atoms with Gasteiger partial charge < -0.3 is 21.3 Å². The number of amides is 1. The highest BCUT2D eigenvalue weighted by Gasteiger charge is 2.12. The normalized spacial score (nSPS) is 11.9. The van der Waals surface area contributed by atoms with E-state index in [-0.39, 0.29) is 23.1 Å². The summed E-state index contributed by atoms with van der Waals surface area (Å²) in [7, 11) is 0. The van der Waals surface area contributed by atoms with Gasteiger partial charge >= 0.3 is 0 Å². The van der Waals surface area contributed by atoms with Crippen molar-refractivity contribution in [1.82, 2.24) is 5.32 Å². The van der Waals surface area contributed by atoms with Gasteiger partial charge in [0, 0.05) is 18.7 Å². The number of carbonyl (C=O) groups excluding carboxylic acids is 1. The molecule has 0 saturated heterocycles. The first-order chi connectivity index (χ1) is 10.1. The Morgan fingerprint density at radius 3 is 2.52 bits per heavy atom. The zero-order chi connectivity index (χ0) is 15.2. The van der Waals surface area contributed by atoms with E-state index in [0.717, 1.165) is 11.6 Å². The quantitative estimate of drug-likeness (QED) is 0.675. The Morgan fingerprint density at radius 1 is 1.14 bits per heavy atom. The number of carbonyl (C=O) groups is 1. The van der Waals surface area contributed by atoms with Crippen molar-refractivity contribution in [2.75, 3.05) is 6.54 Å². The molecule has 0 aliphatic carbocycles. The van der Waals surface area contributed by atoms with Gasteiger partial charge in [-0.3, -0.25) is 4.79 Å². The van der Waals surface area contributed by atoms with Crippen LogP contribution in [0.2, 0.25) is 0 Å². The minimum Gasteiger partial charge on any atom is -0.508 e. The van der Waals surface area contributed by atoms with Crippen molar-refractivity contribution in [3.63, 3.8) is 0 Å². The molecular weight excluding hydrogens is 268 g/mol. The molecular formula is C16H18N2O3. The van der Waals surface area contributed by atoms with Gasteiger partial charge in [0.1, 0.15) is 11.5 Å². The van der Waals surface area contributed by atoms with Crippen LogP contribution in [-0.4, -0.2) is 22.7 Å². The van der Waals surface area contributed by atoms with Crippen molar-refractivity contribution in [2.45, 2.75) is 12.5 Å². The summed E-state index contributed by atoms with van der Waals surface area (Å²) in [4.78, 5) is 11.9. The second-order valence-electron chi connectivity index (χ2n) is 4.76. The van der Waals surface area contributed by atoms with Crippen LogP contribution in [0.3, 0.4) is 0 Å². The molecule has 0 fully saturated rings. The maximum Gasteiger partial charge on any atom is 0.255 e. The van der Waals surface area contributed by atoms with E-state index >= 15 is 0 Å². The molecule has 5 N–H and O–H groups in total. The van der Waals surface area contributed by atoms with Crippen LogP contribution in [0.15, 0.2) is 48.5 Å². The van der Waals surface area contributed by atoms with E-state index in [1.54, 1.807) is 0 Å². The molecule has 5 nitrogen and oxygen atoms in total. The molecule has 110 valence electrons. The Balaban J connectivity index is 1.87. The molecule has 1 amide bonds. The average molecular weight is 286 g/mol. The van der Waals surface area contributed by atoms with Crippen LogP contribution in [0.4, 0.5) is 0 Å². The molecule has 2 rings (SSSR count). The fourth-order valence-corrected chi connectivity index (χ4v) is 2.02. The molecule has 1 atom stereocenters. The first-order valence-corrected chi connectivity index (χ1v) is 6.68. The predicted molar refractivity (Wildman–Crippen MR) is 80.1 cm³/mol. The van der Waals surface area contributed by atoms with E-state index in [0.29, 0.717) is 13.0 Å². The molecule has 0 aromatic heterocycles. The number of benzene rings is 2. The number of nitrogens with one attached hydrogen (secondary N) is 1. The summed E-state index contributed by atoms with van der Waals surface area (Å²) < 4.78 is 0. The van der Waals surface area contributed by atoms with Gasteiger partial charge in [-0.05, 0) is 24.1 Å². The molecule has 0 spiro atoms. The third kappa shape index (κ3) is 3.97. The molecule has 5 heteroatoms. The number of hydrogen-bond donors (Lipinski definition) is 4. The molecule has 2 aromatic carbocycles. The van der Waals surface area contributed by atoms with Crippen LogP contribution in [-0.2, 0) is 0 Å². The highest BCUT2D eigenvalue weighted by molar-refractivity contribution is 5.96. The highest BCUT2D eigenvalue weighted by Crippen LogP contribution is 2.22. The lowest BCUT2D eigenvalue weighted by Crippen LogP contribution is -2.27. The fraction of sp³-hybridized carbons (Fsp3) is 0.188. The van der Waals surface area contributed by atoms with Gasteiger partial charge in [0.2, 0.25) is 0 Å². The molecule has 0 aliphatic heterocycles. The van der Waals surface area contributed by atoms with Gasteiger partial charge in [0.25, 0.3) is 5.91 Å². The minimum atomic E-state index is -0.396. The average Bonchev–Trinajstić information content (AvgIpc) is 2.47. The van der Waals surface area contributed by atoms with Crippen molar-refractivity contribution in [2.24, 2.45) is 5.73 Å². The number of rotatable bonds is 5. The summed E-state index contributed by atoms with van der Waals surface area (Å²) in [6.45, 7) is 0.398. The zero-order valence-corrected chi connectivity index (χ0v) is 11.5. The summed E-state index contributed by atoms with van der Waals surface area (Å²) in [5, 5.41) is 21.5. The zero-order valence-electron chi connectivity index (χ0n) is 11.5. The summed E-state index contributed by atoms with van der Waals surface area (Å²) >= 11 is 0. The van der Waals surface area contributed by atoms with Gasteiger partial charge in [0.15, 0.2) is 0 Å². The second-order valence-corrected chi connectivity index (χ2v) is 4.76. The van der Waals surface area contributed by atoms with E-state index < -0.39 is 5.91 Å². The lowest BCUT2D eigenvalue weighted by atomic mass is 10.0. The number of phenolic OH excluding ortho intramolecular Hbond substituents is 2. The Bertz CT molecular complexity index is 614. The monoisotopic (exact) mass is 286 g/mol. The van der Waals surface area contributed by atoms with Crippen LogP contribution in [0.1, 0.15) is 28.4 Å². The molecule has 0 heterocycles. The van der Waals surface area contributed by atoms with E-state index in [1.807, 2.05) is 30.3 Å². The van der Waals surface area contributed by atoms with Crippen molar-refractivity contribution in [1.29, 1.82) is 0 Å². The number of phenols is 2. The number of hydrogen-bond acceptors (Lipinski definition) is 4. The highest BCUT2D eigenvalue weighted by atomic mass is 16.3. The van der Waals surface area contributed by atoms with E-state index in [9.17, 15) is 15.0 Å². The van der Waals surface area contributed by atoms with E-state index in [1.165, 1.54) is 12.1 Å². The third-order valence-electron chi connectivity index (χ3n) is 3.19. The SMILES string of the molecule is NC(CCNC(=O)c1ccc(O)cc1O)c1ccccc1. The standard InChI is InChI=1S/C16H18N2O3/c17-14(11-4-2-1-3-5-11)8-9-18-16(21)13-7-6-12(19)10-15(13)20/h1-7,10,14,19-20H,8-9,17H2,(H,18,21). The molecule has 0 bridgehead atoms.